The molecule has 2 aromatic heterocycles. The Morgan fingerprint density at radius 1 is 1.33 bits per heavy atom. The predicted molar refractivity (Wildman–Crippen MR) is 93.8 cm³/mol. The second-order valence-electron chi connectivity index (χ2n) is 5.81. The highest BCUT2D eigenvalue weighted by Crippen LogP contribution is 2.29. The number of aromatic nitrogens is 3. The van der Waals surface area contributed by atoms with Crippen LogP contribution < -0.4 is 9.70 Å². The molecule has 1 unspecified atom stereocenters. The Labute approximate surface area is 143 Å². The summed E-state index contributed by atoms with van der Waals surface area (Å²) >= 11 is 1.47. The second-order valence-corrected chi connectivity index (χ2v) is 6.69. The molecule has 1 saturated heterocycles. The lowest BCUT2D eigenvalue weighted by atomic mass is 10.2. The summed E-state index contributed by atoms with van der Waals surface area (Å²) in [6.07, 6.45) is 5.23. The third kappa shape index (κ3) is 2.60. The molecule has 0 aliphatic carbocycles. The Kier molecular flexibility index (Phi) is 3.86. The first-order valence-electron chi connectivity index (χ1n) is 7.89. The Morgan fingerprint density at radius 2 is 2.21 bits per heavy atom. The quantitative estimate of drug-likeness (QED) is 0.717. The van der Waals surface area contributed by atoms with Crippen molar-refractivity contribution in [2.45, 2.75) is 18.9 Å². The van der Waals surface area contributed by atoms with Crippen molar-refractivity contribution < 1.29 is 4.79 Å². The van der Waals surface area contributed by atoms with Crippen LogP contribution in [0.5, 0.6) is 0 Å². The average Bonchev–Trinajstić information content (AvgIpc) is 3.24. The number of anilines is 1. The summed E-state index contributed by atoms with van der Waals surface area (Å²) in [6.45, 7) is 0.809. The van der Waals surface area contributed by atoms with E-state index < -0.39 is 0 Å². The van der Waals surface area contributed by atoms with E-state index in [1.54, 1.807) is 6.33 Å². The van der Waals surface area contributed by atoms with E-state index in [2.05, 4.69) is 19.9 Å². The number of fused-ring (bicyclic) bond motifs is 1. The molecule has 0 N–H and O–H groups in total. The summed E-state index contributed by atoms with van der Waals surface area (Å²) in [5, 5.41) is 2.90. The van der Waals surface area contributed by atoms with Gasteiger partial charge in [0.1, 0.15) is 18.2 Å². The summed E-state index contributed by atoms with van der Waals surface area (Å²) in [5.41, 5.74) is 0.891. The maximum atomic E-state index is 12.7. The van der Waals surface area contributed by atoms with Crippen molar-refractivity contribution in [1.82, 2.24) is 14.5 Å². The smallest absolute Gasteiger partial charge is 0.271 e. The number of benzene rings is 1. The minimum atomic E-state index is -0.259. The molecule has 0 spiro atoms. The van der Waals surface area contributed by atoms with Crippen LogP contribution in [-0.4, -0.2) is 33.0 Å². The van der Waals surface area contributed by atoms with Crippen LogP contribution in [0.25, 0.3) is 10.9 Å². The molecule has 122 valence electrons. The van der Waals surface area contributed by atoms with E-state index in [-0.39, 0.29) is 11.9 Å². The molecular weight excluding hydrogens is 322 g/mol. The largest absolute Gasteiger partial charge is 0.344 e. The van der Waals surface area contributed by atoms with Gasteiger partial charge in [-0.3, -0.25) is 4.79 Å². The number of para-hydroxylation sites is 1. The zero-order chi connectivity index (χ0) is 16.5. The number of nitrogens with zero attached hydrogens (tertiary/aromatic N) is 5. The minimum absolute atomic E-state index is 0.103. The monoisotopic (exact) mass is 339 g/mol. The maximum Gasteiger partial charge on any atom is 0.271 e. The van der Waals surface area contributed by atoms with Crippen LogP contribution in [-0.2, 0) is 11.8 Å². The molecule has 0 radical (unpaired) electrons. The van der Waals surface area contributed by atoms with Crippen LogP contribution in [0, 0.1) is 0 Å². The van der Waals surface area contributed by atoms with Crippen molar-refractivity contribution in [2.24, 2.45) is 12.0 Å². The number of carbonyl (C=O) groups is 1. The van der Waals surface area contributed by atoms with Crippen LogP contribution >= 0.6 is 11.3 Å². The molecule has 4 rings (SSSR count). The van der Waals surface area contributed by atoms with Gasteiger partial charge in [-0.1, -0.05) is 12.1 Å². The molecular formula is C17H17N5OS. The normalized spacial score (nSPS) is 18.5. The molecule has 1 amide bonds. The van der Waals surface area contributed by atoms with Crippen molar-refractivity contribution in [3.63, 3.8) is 0 Å². The Morgan fingerprint density at radius 3 is 3.04 bits per heavy atom. The molecule has 3 aromatic rings. The summed E-state index contributed by atoms with van der Waals surface area (Å²) in [6, 6.07) is 7.63. The highest BCUT2D eigenvalue weighted by atomic mass is 32.1. The molecule has 7 heteroatoms. The van der Waals surface area contributed by atoms with E-state index in [9.17, 15) is 4.79 Å². The first-order valence-corrected chi connectivity index (χ1v) is 8.77. The highest BCUT2D eigenvalue weighted by molar-refractivity contribution is 7.07. The SMILES string of the molecule is Cn1ccsc1=NC(=O)C1CCCN1c1ncnc2ccccc12. The fraction of sp³-hybridized carbons (Fsp3) is 0.294. The summed E-state index contributed by atoms with van der Waals surface area (Å²) in [7, 11) is 1.90. The van der Waals surface area contributed by atoms with Gasteiger partial charge in [-0.2, -0.15) is 4.99 Å². The van der Waals surface area contributed by atoms with E-state index in [1.807, 2.05) is 47.5 Å². The first kappa shape index (κ1) is 15.0. The van der Waals surface area contributed by atoms with E-state index in [1.165, 1.54) is 11.3 Å². The van der Waals surface area contributed by atoms with E-state index >= 15 is 0 Å². The van der Waals surface area contributed by atoms with Crippen molar-refractivity contribution in [1.29, 1.82) is 0 Å². The van der Waals surface area contributed by atoms with Crippen LogP contribution in [0.2, 0.25) is 0 Å². The van der Waals surface area contributed by atoms with Crippen LogP contribution in [0.3, 0.4) is 0 Å². The molecule has 24 heavy (non-hydrogen) atoms. The number of rotatable bonds is 2. The zero-order valence-electron chi connectivity index (χ0n) is 13.3. The van der Waals surface area contributed by atoms with Gasteiger partial charge in [0, 0.05) is 30.6 Å². The highest BCUT2D eigenvalue weighted by Gasteiger charge is 2.32. The van der Waals surface area contributed by atoms with Crippen LogP contribution in [0.15, 0.2) is 47.2 Å². The number of aryl methyl sites for hydroxylation is 1. The maximum absolute atomic E-state index is 12.7. The molecule has 3 heterocycles. The van der Waals surface area contributed by atoms with E-state index in [0.29, 0.717) is 0 Å². The molecule has 1 aliphatic rings. The molecule has 0 bridgehead atoms. The lowest BCUT2D eigenvalue weighted by Gasteiger charge is -2.24. The molecule has 6 nitrogen and oxygen atoms in total. The second kappa shape index (κ2) is 6.16. The minimum Gasteiger partial charge on any atom is -0.344 e. The van der Waals surface area contributed by atoms with Gasteiger partial charge in [0.2, 0.25) is 0 Å². The Balaban J connectivity index is 1.73. The number of hydrogen-bond donors (Lipinski definition) is 0. The molecule has 0 saturated carbocycles. The fourth-order valence-corrected chi connectivity index (χ4v) is 3.83. The third-order valence-corrected chi connectivity index (χ3v) is 5.15. The average molecular weight is 339 g/mol. The van der Waals surface area contributed by atoms with Crippen LogP contribution in [0.4, 0.5) is 5.82 Å². The molecule has 1 fully saturated rings. The van der Waals surface area contributed by atoms with E-state index in [4.69, 9.17) is 0 Å². The van der Waals surface area contributed by atoms with Crippen molar-refractivity contribution >= 4 is 34.0 Å². The van der Waals surface area contributed by atoms with Crippen molar-refractivity contribution in [2.75, 3.05) is 11.4 Å². The summed E-state index contributed by atoms with van der Waals surface area (Å²) in [4.78, 5) is 28.6. The number of carbonyl (C=O) groups excluding carboxylic acids is 1. The van der Waals surface area contributed by atoms with Gasteiger partial charge in [-0.25, -0.2) is 9.97 Å². The predicted octanol–water partition coefficient (Wildman–Crippen LogP) is 2.13. The molecule has 1 aromatic carbocycles. The zero-order valence-corrected chi connectivity index (χ0v) is 14.1. The third-order valence-electron chi connectivity index (χ3n) is 4.30. The first-order chi connectivity index (χ1) is 11.7. The number of hydrogen-bond acceptors (Lipinski definition) is 5. The lowest BCUT2D eigenvalue weighted by Crippen LogP contribution is -2.37. The van der Waals surface area contributed by atoms with Crippen LogP contribution in [0.1, 0.15) is 12.8 Å². The van der Waals surface area contributed by atoms with Crippen molar-refractivity contribution in [3.8, 4) is 0 Å². The Hall–Kier alpha value is -2.54. The van der Waals surface area contributed by atoms with Crippen molar-refractivity contribution in [3.05, 3.63) is 47.0 Å². The lowest BCUT2D eigenvalue weighted by molar-refractivity contribution is -0.119. The summed E-state index contributed by atoms with van der Waals surface area (Å²) in [5.74, 6) is 0.718. The van der Waals surface area contributed by atoms with Gasteiger partial charge < -0.3 is 9.47 Å². The van der Waals surface area contributed by atoms with Gasteiger partial charge in [0.15, 0.2) is 4.80 Å². The molecule has 1 atom stereocenters. The van der Waals surface area contributed by atoms with Gasteiger partial charge in [0.25, 0.3) is 5.91 Å². The topological polar surface area (TPSA) is 63.4 Å². The summed E-state index contributed by atoms with van der Waals surface area (Å²) < 4.78 is 1.86. The van der Waals surface area contributed by atoms with Gasteiger partial charge >= 0.3 is 0 Å². The van der Waals surface area contributed by atoms with E-state index in [0.717, 1.165) is 40.9 Å². The van der Waals surface area contributed by atoms with Gasteiger partial charge in [0.05, 0.1) is 5.52 Å². The standard InChI is InChI=1S/C17H17N5OS/c1-21-9-10-24-17(21)20-16(23)14-7-4-8-22(14)15-12-5-2-3-6-13(12)18-11-19-15/h2-3,5-6,9-11,14H,4,7-8H2,1H3. The number of thiazole rings is 1. The fourth-order valence-electron chi connectivity index (χ4n) is 3.10. The molecule has 1 aliphatic heterocycles. The van der Waals surface area contributed by atoms with Gasteiger partial charge in [-0.05, 0) is 25.0 Å². The Bertz CT molecular complexity index is 955. The van der Waals surface area contributed by atoms with Gasteiger partial charge in [-0.15, -0.1) is 11.3 Å². The number of amides is 1.